The predicted octanol–water partition coefficient (Wildman–Crippen LogP) is 2.42. The minimum Gasteiger partial charge on any atom is -0.478 e. The molecule has 26 heavy (non-hydrogen) atoms. The van der Waals surface area contributed by atoms with E-state index in [1.54, 1.807) is 0 Å². The molecule has 4 N–H and O–H groups in total. The third-order valence-corrected chi connectivity index (χ3v) is 3.40. The summed E-state index contributed by atoms with van der Waals surface area (Å²) in [4.78, 5) is 44.4. The first-order valence-corrected chi connectivity index (χ1v) is 6.65. The van der Waals surface area contributed by atoms with Gasteiger partial charge in [0.05, 0.1) is 11.1 Å². The third kappa shape index (κ3) is 3.20. The Bertz CT molecular complexity index is 901. The lowest BCUT2D eigenvalue weighted by Crippen LogP contribution is -2.12. The van der Waals surface area contributed by atoms with E-state index in [1.807, 2.05) is 0 Å². The molecule has 0 saturated heterocycles. The zero-order valence-corrected chi connectivity index (χ0v) is 12.5. The van der Waals surface area contributed by atoms with Crippen molar-refractivity contribution in [2.24, 2.45) is 0 Å². The van der Waals surface area contributed by atoms with E-state index in [0.717, 1.165) is 12.1 Å². The number of benzene rings is 2. The van der Waals surface area contributed by atoms with Gasteiger partial charge in [-0.15, -0.1) is 0 Å². The van der Waals surface area contributed by atoms with Crippen LogP contribution in [0.15, 0.2) is 24.3 Å². The van der Waals surface area contributed by atoms with Crippen LogP contribution in [0, 0.1) is 11.6 Å². The second-order valence-electron chi connectivity index (χ2n) is 4.98. The summed E-state index contributed by atoms with van der Waals surface area (Å²) in [7, 11) is 0. The van der Waals surface area contributed by atoms with Crippen LogP contribution < -0.4 is 0 Å². The lowest BCUT2D eigenvalue weighted by Gasteiger charge is -2.10. The standard InChI is InChI=1S/C16H8F2O8/c17-9-3-5(1-7(13(19)20)11(9)15(23)24)6-2-8(14(21)22)12(16(25)26)10(18)4-6/h1-4H,(H,19,20)(H,21,22)(H,23,24)(H,25,26). The van der Waals surface area contributed by atoms with Crippen LogP contribution in [0.4, 0.5) is 8.78 Å². The van der Waals surface area contributed by atoms with Crippen molar-refractivity contribution < 1.29 is 48.4 Å². The van der Waals surface area contributed by atoms with Crippen molar-refractivity contribution in [2.75, 3.05) is 0 Å². The highest BCUT2D eigenvalue weighted by molar-refractivity contribution is 6.04. The number of hydrogen-bond donors (Lipinski definition) is 4. The number of halogens is 2. The van der Waals surface area contributed by atoms with Gasteiger partial charge in [0.25, 0.3) is 0 Å². The quantitative estimate of drug-likeness (QED) is 0.630. The van der Waals surface area contributed by atoms with Crippen LogP contribution in [0.25, 0.3) is 11.1 Å². The second kappa shape index (κ2) is 6.59. The molecule has 0 atom stereocenters. The summed E-state index contributed by atoms with van der Waals surface area (Å²) in [6.07, 6.45) is 0. The average Bonchev–Trinajstić information content (AvgIpc) is 2.52. The molecular weight excluding hydrogens is 358 g/mol. The van der Waals surface area contributed by atoms with Crippen molar-refractivity contribution >= 4 is 23.9 Å². The van der Waals surface area contributed by atoms with E-state index in [4.69, 9.17) is 20.4 Å². The molecule has 10 heteroatoms. The molecule has 0 fully saturated rings. The maximum Gasteiger partial charge on any atom is 0.339 e. The van der Waals surface area contributed by atoms with Gasteiger partial charge in [0.2, 0.25) is 0 Å². The van der Waals surface area contributed by atoms with Crippen LogP contribution in [-0.4, -0.2) is 44.3 Å². The van der Waals surface area contributed by atoms with Crippen molar-refractivity contribution in [2.45, 2.75) is 0 Å². The van der Waals surface area contributed by atoms with Crippen molar-refractivity contribution in [1.29, 1.82) is 0 Å². The minimum absolute atomic E-state index is 0.344. The zero-order chi connectivity index (χ0) is 19.8. The summed E-state index contributed by atoms with van der Waals surface area (Å²) in [6, 6.07) is 2.60. The van der Waals surface area contributed by atoms with Crippen molar-refractivity contribution in [3.63, 3.8) is 0 Å². The number of carboxylic acid groups (broad SMARTS) is 4. The molecule has 0 spiro atoms. The smallest absolute Gasteiger partial charge is 0.339 e. The maximum atomic E-state index is 14.0. The molecule has 0 heterocycles. The fourth-order valence-corrected chi connectivity index (χ4v) is 2.32. The van der Waals surface area contributed by atoms with Crippen molar-refractivity contribution in [1.82, 2.24) is 0 Å². The van der Waals surface area contributed by atoms with E-state index in [0.29, 0.717) is 12.1 Å². The SMILES string of the molecule is O=C(O)c1cc(-c2cc(F)c(C(=O)O)c(C(=O)O)c2)cc(F)c1C(=O)O. The molecule has 2 aromatic rings. The summed E-state index contributed by atoms with van der Waals surface area (Å²) in [5, 5.41) is 35.9. The van der Waals surface area contributed by atoms with Crippen molar-refractivity contribution in [3.8, 4) is 11.1 Å². The van der Waals surface area contributed by atoms with Crippen LogP contribution in [0.3, 0.4) is 0 Å². The topological polar surface area (TPSA) is 149 Å². The van der Waals surface area contributed by atoms with E-state index < -0.39 is 57.8 Å². The highest BCUT2D eigenvalue weighted by Crippen LogP contribution is 2.29. The molecule has 0 aliphatic rings. The molecule has 8 nitrogen and oxygen atoms in total. The lowest BCUT2D eigenvalue weighted by molar-refractivity contribution is 0.0647. The van der Waals surface area contributed by atoms with E-state index in [-0.39, 0.29) is 11.1 Å². The number of carboxylic acids is 4. The highest BCUT2D eigenvalue weighted by Gasteiger charge is 2.25. The molecule has 0 radical (unpaired) electrons. The minimum atomic E-state index is -1.84. The number of hydrogen-bond acceptors (Lipinski definition) is 4. The van der Waals surface area contributed by atoms with Gasteiger partial charge in [-0.25, -0.2) is 28.0 Å². The van der Waals surface area contributed by atoms with E-state index >= 15 is 0 Å². The molecule has 2 aromatic carbocycles. The monoisotopic (exact) mass is 366 g/mol. The van der Waals surface area contributed by atoms with E-state index in [9.17, 15) is 28.0 Å². The fourth-order valence-electron chi connectivity index (χ4n) is 2.32. The van der Waals surface area contributed by atoms with Crippen LogP contribution in [0.1, 0.15) is 41.4 Å². The summed E-state index contributed by atoms with van der Waals surface area (Å²) in [6.45, 7) is 0. The highest BCUT2D eigenvalue weighted by atomic mass is 19.1. The Balaban J connectivity index is 2.81. The van der Waals surface area contributed by atoms with Crippen LogP contribution in [-0.2, 0) is 0 Å². The van der Waals surface area contributed by atoms with Gasteiger partial charge >= 0.3 is 23.9 Å². The molecule has 0 saturated carbocycles. The van der Waals surface area contributed by atoms with Crippen LogP contribution >= 0.6 is 0 Å². The first kappa shape index (κ1) is 18.5. The first-order chi connectivity index (χ1) is 12.0. The molecule has 0 aliphatic carbocycles. The first-order valence-electron chi connectivity index (χ1n) is 6.65. The molecular formula is C16H8F2O8. The average molecular weight is 366 g/mol. The van der Waals surface area contributed by atoms with Crippen molar-refractivity contribution in [3.05, 3.63) is 58.2 Å². The number of rotatable bonds is 5. The normalized spacial score (nSPS) is 10.4. The van der Waals surface area contributed by atoms with Gasteiger partial charge in [0.15, 0.2) is 0 Å². The Morgan fingerprint density at radius 1 is 0.577 bits per heavy atom. The van der Waals surface area contributed by atoms with Crippen LogP contribution in [0.2, 0.25) is 0 Å². The molecule has 0 unspecified atom stereocenters. The molecule has 0 aromatic heterocycles. The summed E-state index contributed by atoms with van der Waals surface area (Å²) < 4.78 is 28.1. The maximum absolute atomic E-state index is 14.0. The Hall–Kier alpha value is -3.82. The molecule has 0 aliphatic heterocycles. The molecule has 2 rings (SSSR count). The Kier molecular flexibility index (Phi) is 4.69. The lowest BCUT2D eigenvalue weighted by atomic mass is 9.95. The fraction of sp³-hybridized carbons (Fsp3) is 0. The van der Waals surface area contributed by atoms with Gasteiger partial charge in [-0.05, 0) is 35.4 Å². The van der Waals surface area contributed by atoms with Gasteiger partial charge in [0, 0.05) is 0 Å². The van der Waals surface area contributed by atoms with Gasteiger partial charge in [-0.2, -0.15) is 0 Å². The van der Waals surface area contributed by atoms with E-state index in [2.05, 4.69) is 0 Å². The predicted molar refractivity (Wildman–Crippen MR) is 79.6 cm³/mol. The van der Waals surface area contributed by atoms with Gasteiger partial charge in [-0.1, -0.05) is 0 Å². The summed E-state index contributed by atoms with van der Waals surface area (Å²) in [5.41, 5.74) is -4.81. The number of aromatic carboxylic acids is 4. The zero-order valence-electron chi connectivity index (χ0n) is 12.5. The molecule has 134 valence electrons. The second-order valence-corrected chi connectivity index (χ2v) is 4.98. The summed E-state index contributed by atoms with van der Waals surface area (Å²) in [5.74, 6) is -10.1. The van der Waals surface area contributed by atoms with Gasteiger partial charge in [0.1, 0.15) is 22.8 Å². The Morgan fingerprint density at radius 3 is 1.12 bits per heavy atom. The summed E-state index contributed by atoms with van der Waals surface area (Å²) >= 11 is 0. The Morgan fingerprint density at radius 2 is 0.885 bits per heavy atom. The van der Waals surface area contributed by atoms with Gasteiger partial charge < -0.3 is 20.4 Å². The third-order valence-electron chi connectivity index (χ3n) is 3.40. The number of carbonyl (C=O) groups is 4. The molecule has 0 amide bonds. The van der Waals surface area contributed by atoms with Gasteiger partial charge in [-0.3, -0.25) is 0 Å². The van der Waals surface area contributed by atoms with Crippen LogP contribution in [0.5, 0.6) is 0 Å². The largest absolute Gasteiger partial charge is 0.478 e. The Labute approximate surface area is 142 Å². The molecule has 0 bridgehead atoms. The van der Waals surface area contributed by atoms with E-state index in [1.165, 1.54) is 0 Å².